The van der Waals surface area contributed by atoms with Crippen molar-refractivity contribution in [1.82, 2.24) is 0 Å². The third kappa shape index (κ3) is 2.54. The maximum Gasteiger partial charge on any atom is 0.335 e. The minimum Gasteiger partial charge on any atom is -0.478 e. The normalized spacial score (nSPS) is 16.6. The Hall–Kier alpha value is -2.83. The molecule has 2 aromatic carbocycles. The molecule has 23 heavy (non-hydrogen) atoms. The number of nitrogens with one attached hydrogen (secondary N) is 1. The van der Waals surface area contributed by atoms with Crippen molar-refractivity contribution in [2.24, 2.45) is 4.99 Å². The summed E-state index contributed by atoms with van der Waals surface area (Å²) in [5, 5.41) is 11.6. The summed E-state index contributed by atoms with van der Waals surface area (Å²) in [6, 6.07) is 6.71. The van der Waals surface area contributed by atoms with Crippen molar-refractivity contribution in [2.45, 2.75) is 12.0 Å². The Morgan fingerprint density at radius 2 is 1.96 bits per heavy atom. The third-order valence-corrected chi connectivity index (χ3v) is 3.61. The van der Waals surface area contributed by atoms with Gasteiger partial charge < -0.3 is 10.4 Å². The van der Waals surface area contributed by atoms with Crippen LogP contribution in [0.15, 0.2) is 47.5 Å². The molecule has 0 saturated carbocycles. The zero-order valence-electron chi connectivity index (χ0n) is 11.6. The van der Waals surface area contributed by atoms with Crippen LogP contribution in [0, 0.1) is 5.82 Å². The molecule has 0 aliphatic carbocycles. The predicted molar refractivity (Wildman–Crippen MR) is 78.6 cm³/mol. The van der Waals surface area contributed by atoms with Crippen molar-refractivity contribution >= 4 is 18.0 Å². The van der Waals surface area contributed by atoms with Crippen molar-refractivity contribution in [3.63, 3.8) is 0 Å². The van der Waals surface area contributed by atoms with E-state index in [1.807, 2.05) is 0 Å². The van der Waals surface area contributed by atoms with Crippen molar-refractivity contribution in [2.75, 3.05) is 5.32 Å². The number of alkyl halides is 2. The highest BCUT2D eigenvalue weighted by molar-refractivity contribution is 5.91. The average Bonchev–Trinajstić information content (AvgIpc) is 2.53. The molecule has 2 aromatic rings. The molecule has 7 heteroatoms. The van der Waals surface area contributed by atoms with Gasteiger partial charge in [0, 0.05) is 11.3 Å². The van der Waals surface area contributed by atoms with Crippen LogP contribution in [0.4, 0.5) is 18.9 Å². The summed E-state index contributed by atoms with van der Waals surface area (Å²) in [7, 11) is 0. The number of carboxylic acids is 1. The first-order valence-corrected chi connectivity index (χ1v) is 6.69. The molecule has 0 fully saturated rings. The van der Waals surface area contributed by atoms with Gasteiger partial charge >= 0.3 is 11.9 Å². The maximum absolute atomic E-state index is 14.7. The zero-order chi connectivity index (χ0) is 16.6. The standard InChI is InChI=1S/C16H11F3N2O2/c17-12-4-2-1-3-11(12)16(18,19)14-10-6-5-9(15(22)23)7-13(10)20-8-21-14/h1-8,14H,(H,20,21)(H,22,23). The molecule has 1 unspecified atom stereocenters. The van der Waals surface area contributed by atoms with E-state index in [0.717, 1.165) is 18.5 Å². The zero-order valence-corrected chi connectivity index (χ0v) is 11.6. The number of carboxylic acid groups (broad SMARTS) is 1. The number of aliphatic imine (C=N–C) groups is 1. The molecule has 0 radical (unpaired) electrons. The Morgan fingerprint density at radius 3 is 2.65 bits per heavy atom. The fourth-order valence-electron chi connectivity index (χ4n) is 2.48. The molecule has 2 N–H and O–H groups in total. The topological polar surface area (TPSA) is 61.7 Å². The van der Waals surface area contributed by atoms with Gasteiger partial charge in [-0.25, -0.2) is 9.18 Å². The molecule has 0 spiro atoms. The van der Waals surface area contributed by atoms with Gasteiger partial charge in [0.2, 0.25) is 0 Å². The van der Waals surface area contributed by atoms with E-state index in [1.54, 1.807) is 0 Å². The van der Waals surface area contributed by atoms with Crippen LogP contribution >= 0.6 is 0 Å². The molecule has 118 valence electrons. The molecule has 4 nitrogen and oxygen atoms in total. The van der Waals surface area contributed by atoms with Crippen LogP contribution in [0.25, 0.3) is 0 Å². The number of aromatic carboxylic acids is 1. The minimum absolute atomic E-state index is 0.0421. The van der Waals surface area contributed by atoms with Crippen LogP contribution < -0.4 is 5.32 Å². The molecular weight excluding hydrogens is 309 g/mol. The summed E-state index contributed by atoms with van der Waals surface area (Å²) in [4.78, 5) is 14.7. The molecule has 1 atom stereocenters. The van der Waals surface area contributed by atoms with Crippen molar-refractivity contribution < 1.29 is 23.1 Å². The van der Waals surface area contributed by atoms with Crippen LogP contribution in [0.5, 0.6) is 0 Å². The number of nitrogens with zero attached hydrogens (tertiary/aromatic N) is 1. The summed E-state index contributed by atoms with van der Waals surface area (Å²) in [6.07, 6.45) is 1.06. The summed E-state index contributed by atoms with van der Waals surface area (Å²) >= 11 is 0. The highest BCUT2D eigenvalue weighted by Crippen LogP contribution is 2.47. The van der Waals surface area contributed by atoms with Crippen LogP contribution in [-0.2, 0) is 5.92 Å². The van der Waals surface area contributed by atoms with E-state index in [0.29, 0.717) is 0 Å². The van der Waals surface area contributed by atoms with Crippen molar-refractivity contribution in [1.29, 1.82) is 0 Å². The Morgan fingerprint density at radius 1 is 1.22 bits per heavy atom. The SMILES string of the molecule is O=C(O)c1ccc2c(c1)NC=NC2C(F)(F)c1ccccc1F. The lowest BCUT2D eigenvalue weighted by Crippen LogP contribution is -2.27. The van der Waals surface area contributed by atoms with E-state index < -0.39 is 29.3 Å². The Labute approximate surface area is 129 Å². The minimum atomic E-state index is -3.58. The molecule has 1 heterocycles. The fourth-order valence-corrected chi connectivity index (χ4v) is 2.48. The monoisotopic (exact) mass is 320 g/mol. The highest BCUT2D eigenvalue weighted by Gasteiger charge is 2.46. The van der Waals surface area contributed by atoms with E-state index in [9.17, 15) is 18.0 Å². The Balaban J connectivity index is 2.08. The first-order valence-electron chi connectivity index (χ1n) is 6.69. The van der Waals surface area contributed by atoms with E-state index in [1.165, 1.54) is 30.3 Å². The van der Waals surface area contributed by atoms with Crippen LogP contribution in [0.2, 0.25) is 0 Å². The van der Waals surface area contributed by atoms with Crippen LogP contribution in [0.3, 0.4) is 0 Å². The number of halogens is 3. The van der Waals surface area contributed by atoms with Gasteiger partial charge in [0.15, 0.2) is 0 Å². The highest BCUT2D eigenvalue weighted by atomic mass is 19.3. The quantitative estimate of drug-likeness (QED) is 0.904. The lowest BCUT2D eigenvalue weighted by molar-refractivity contribution is -0.0346. The van der Waals surface area contributed by atoms with Crippen LogP contribution in [0.1, 0.15) is 27.5 Å². The number of anilines is 1. The number of benzene rings is 2. The number of rotatable bonds is 3. The Bertz CT molecular complexity index is 806. The van der Waals surface area contributed by atoms with Gasteiger partial charge in [0.05, 0.1) is 17.5 Å². The van der Waals surface area contributed by atoms with Gasteiger partial charge in [-0.1, -0.05) is 18.2 Å². The lowest BCUT2D eigenvalue weighted by atomic mass is 9.92. The van der Waals surface area contributed by atoms with Gasteiger partial charge in [0.1, 0.15) is 11.9 Å². The number of hydrogen-bond donors (Lipinski definition) is 2. The van der Waals surface area contributed by atoms with Gasteiger partial charge in [0.25, 0.3) is 0 Å². The molecule has 0 saturated heterocycles. The second kappa shape index (κ2) is 5.42. The first-order chi connectivity index (χ1) is 10.9. The van der Waals surface area contributed by atoms with Gasteiger partial charge in [-0.05, 0) is 24.3 Å². The molecular formula is C16H11F3N2O2. The van der Waals surface area contributed by atoms with Crippen LogP contribution in [-0.4, -0.2) is 17.4 Å². The van der Waals surface area contributed by atoms with Gasteiger partial charge in [-0.3, -0.25) is 4.99 Å². The smallest absolute Gasteiger partial charge is 0.335 e. The maximum atomic E-state index is 14.7. The van der Waals surface area contributed by atoms with E-state index in [-0.39, 0.29) is 16.8 Å². The summed E-state index contributed by atoms with van der Waals surface area (Å²) in [5.41, 5.74) is -0.483. The fraction of sp³-hybridized carbons (Fsp3) is 0.125. The summed E-state index contributed by atoms with van der Waals surface area (Å²) in [5.74, 6) is -5.77. The van der Waals surface area contributed by atoms with E-state index in [4.69, 9.17) is 5.11 Å². The number of carbonyl (C=O) groups is 1. The first kappa shape index (κ1) is 15.1. The largest absolute Gasteiger partial charge is 0.478 e. The molecule has 1 aliphatic heterocycles. The number of fused-ring (bicyclic) bond motifs is 1. The molecule has 3 rings (SSSR count). The summed E-state index contributed by atoms with van der Waals surface area (Å²) in [6.45, 7) is 0. The predicted octanol–water partition coefficient (Wildman–Crippen LogP) is 3.81. The molecule has 0 aromatic heterocycles. The second-order valence-corrected chi connectivity index (χ2v) is 5.04. The van der Waals surface area contributed by atoms with E-state index in [2.05, 4.69) is 10.3 Å². The molecule has 1 aliphatic rings. The second-order valence-electron chi connectivity index (χ2n) is 5.04. The lowest BCUT2D eigenvalue weighted by Gasteiger charge is -2.29. The van der Waals surface area contributed by atoms with Crippen molar-refractivity contribution in [3.8, 4) is 0 Å². The summed E-state index contributed by atoms with van der Waals surface area (Å²) < 4.78 is 43.2. The average molecular weight is 320 g/mol. The van der Waals surface area contributed by atoms with Crippen molar-refractivity contribution in [3.05, 3.63) is 65.0 Å². The molecule has 0 amide bonds. The molecule has 0 bridgehead atoms. The third-order valence-electron chi connectivity index (χ3n) is 3.61. The number of hydrogen-bond acceptors (Lipinski definition) is 3. The van der Waals surface area contributed by atoms with E-state index >= 15 is 0 Å². The Kier molecular flexibility index (Phi) is 3.55. The van der Waals surface area contributed by atoms with Gasteiger partial charge in [-0.2, -0.15) is 8.78 Å². The van der Waals surface area contributed by atoms with Gasteiger partial charge in [-0.15, -0.1) is 0 Å².